The maximum atomic E-state index is 13.0. The Labute approximate surface area is 206 Å². The first-order valence-electron chi connectivity index (χ1n) is 12.9. The molecule has 192 valence electrons. The summed E-state index contributed by atoms with van der Waals surface area (Å²) in [5.41, 5.74) is 0.515. The number of hydrogen-bond donors (Lipinski definition) is 0. The fraction of sp³-hybridized carbons (Fsp3) is 0.692. The van der Waals surface area contributed by atoms with E-state index in [1.807, 2.05) is 4.90 Å². The Hall–Kier alpha value is -2.84. The summed E-state index contributed by atoms with van der Waals surface area (Å²) in [5, 5.41) is 0. The minimum atomic E-state index is -0.569. The Balaban J connectivity index is 1.47. The van der Waals surface area contributed by atoms with Gasteiger partial charge in [-0.15, -0.1) is 0 Å². The molecule has 9 heteroatoms. The van der Waals surface area contributed by atoms with Gasteiger partial charge in [0.05, 0.1) is 13.7 Å². The van der Waals surface area contributed by atoms with E-state index in [0.717, 1.165) is 6.42 Å². The number of rotatable bonds is 7. The topological polar surface area (TPSA) is 98.2 Å². The van der Waals surface area contributed by atoms with Gasteiger partial charge in [0.25, 0.3) is 5.56 Å². The third-order valence-corrected chi connectivity index (χ3v) is 7.72. The monoisotopic (exact) mass is 487 g/mol. The zero-order chi connectivity index (χ0) is 24.9. The second kappa shape index (κ2) is 11.3. The standard InChI is InChI=1S/C26H37N3O6/c1-27-16-19(14-23(27)31)17-35-21-15-24(32)29-13-12-28(11-10-20(29)25(21)26(33)34-2)22(30)9-8-18-6-4-3-5-7-18/h15,18-19H,3-14,16-17H2,1-2H3/t19-/m1/s1. The molecule has 0 radical (unpaired) electrons. The van der Waals surface area contributed by atoms with Crippen LogP contribution in [0.25, 0.3) is 0 Å². The van der Waals surface area contributed by atoms with Crippen LogP contribution in [0.4, 0.5) is 0 Å². The molecule has 2 fully saturated rings. The number of fused-ring (bicyclic) bond motifs is 1. The quantitative estimate of drug-likeness (QED) is 0.547. The maximum absolute atomic E-state index is 13.0. The van der Waals surface area contributed by atoms with Crippen LogP contribution in [-0.2, 0) is 27.3 Å². The molecule has 0 N–H and O–H groups in total. The predicted octanol–water partition coefficient (Wildman–Crippen LogP) is 2.24. The number of aromatic nitrogens is 1. The third kappa shape index (κ3) is 5.87. The Kier molecular flexibility index (Phi) is 8.13. The van der Waals surface area contributed by atoms with Crippen LogP contribution < -0.4 is 10.3 Å². The second-order valence-electron chi connectivity index (χ2n) is 10.1. The fourth-order valence-corrected chi connectivity index (χ4v) is 5.67. The highest BCUT2D eigenvalue weighted by molar-refractivity contribution is 5.93. The summed E-state index contributed by atoms with van der Waals surface area (Å²) < 4.78 is 12.5. The summed E-state index contributed by atoms with van der Waals surface area (Å²) >= 11 is 0. The molecule has 1 saturated heterocycles. The molecule has 4 rings (SSSR count). The predicted molar refractivity (Wildman–Crippen MR) is 129 cm³/mol. The fourth-order valence-electron chi connectivity index (χ4n) is 5.67. The number of carbonyl (C=O) groups excluding carboxylic acids is 3. The molecule has 0 spiro atoms. The second-order valence-corrected chi connectivity index (χ2v) is 10.1. The van der Waals surface area contributed by atoms with Crippen LogP contribution in [0, 0.1) is 11.8 Å². The van der Waals surface area contributed by atoms with E-state index < -0.39 is 5.97 Å². The first-order chi connectivity index (χ1) is 16.9. The number of pyridine rings is 1. The number of esters is 1. The van der Waals surface area contributed by atoms with Gasteiger partial charge in [0.15, 0.2) is 0 Å². The molecule has 1 aromatic rings. The highest BCUT2D eigenvalue weighted by Crippen LogP contribution is 2.28. The Morgan fingerprint density at radius 1 is 1.06 bits per heavy atom. The van der Waals surface area contributed by atoms with Gasteiger partial charge in [0.2, 0.25) is 11.8 Å². The van der Waals surface area contributed by atoms with E-state index in [1.165, 1.54) is 45.3 Å². The van der Waals surface area contributed by atoms with Gasteiger partial charge in [-0.2, -0.15) is 0 Å². The molecule has 1 atom stereocenters. The number of likely N-dealkylation sites (tertiary alicyclic amines) is 1. The minimum Gasteiger partial charge on any atom is -0.492 e. The zero-order valence-electron chi connectivity index (χ0n) is 20.9. The molecule has 9 nitrogen and oxygen atoms in total. The van der Waals surface area contributed by atoms with Crippen LogP contribution >= 0.6 is 0 Å². The Bertz CT molecular complexity index is 1010. The Morgan fingerprint density at radius 2 is 1.83 bits per heavy atom. The molecule has 0 unspecified atom stereocenters. The van der Waals surface area contributed by atoms with Crippen molar-refractivity contribution in [1.82, 2.24) is 14.4 Å². The van der Waals surface area contributed by atoms with Gasteiger partial charge >= 0.3 is 5.97 Å². The van der Waals surface area contributed by atoms with Crippen molar-refractivity contribution < 1.29 is 23.9 Å². The van der Waals surface area contributed by atoms with Crippen LogP contribution in [0.2, 0.25) is 0 Å². The van der Waals surface area contributed by atoms with E-state index in [9.17, 15) is 19.2 Å². The smallest absolute Gasteiger partial charge is 0.343 e. The van der Waals surface area contributed by atoms with Crippen molar-refractivity contribution in [2.75, 3.05) is 40.4 Å². The number of ether oxygens (including phenoxy) is 2. The largest absolute Gasteiger partial charge is 0.492 e. The lowest BCUT2D eigenvalue weighted by atomic mass is 9.86. The van der Waals surface area contributed by atoms with E-state index in [2.05, 4.69) is 0 Å². The van der Waals surface area contributed by atoms with Gasteiger partial charge in [-0.25, -0.2) is 4.79 Å². The molecule has 2 amide bonds. The molecule has 0 aromatic carbocycles. The zero-order valence-corrected chi connectivity index (χ0v) is 20.9. The molecule has 35 heavy (non-hydrogen) atoms. The van der Waals surface area contributed by atoms with Gasteiger partial charge in [0, 0.05) is 70.2 Å². The van der Waals surface area contributed by atoms with Crippen molar-refractivity contribution in [3.8, 4) is 5.75 Å². The van der Waals surface area contributed by atoms with Crippen molar-refractivity contribution >= 4 is 17.8 Å². The highest BCUT2D eigenvalue weighted by Gasteiger charge is 2.30. The number of carbonyl (C=O) groups is 3. The lowest BCUT2D eigenvalue weighted by molar-refractivity contribution is -0.131. The molecular weight excluding hydrogens is 450 g/mol. The van der Waals surface area contributed by atoms with Crippen LogP contribution in [0.3, 0.4) is 0 Å². The SMILES string of the molecule is COC(=O)c1c(OC[C@@H]2CC(=O)N(C)C2)cc(=O)n2c1CCN(C(=O)CCC1CCCCC1)CC2. The molecule has 3 heterocycles. The van der Waals surface area contributed by atoms with Gasteiger partial charge in [-0.3, -0.25) is 14.4 Å². The molecule has 1 aliphatic carbocycles. The molecule has 0 bridgehead atoms. The van der Waals surface area contributed by atoms with Crippen LogP contribution in [0.5, 0.6) is 5.75 Å². The third-order valence-electron chi connectivity index (χ3n) is 7.72. The molecule has 3 aliphatic rings. The van der Waals surface area contributed by atoms with Crippen molar-refractivity contribution in [2.45, 2.75) is 64.3 Å². The summed E-state index contributed by atoms with van der Waals surface area (Å²) in [7, 11) is 3.05. The van der Waals surface area contributed by atoms with E-state index in [4.69, 9.17) is 9.47 Å². The van der Waals surface area contributed by atoms with Gasteiger partial charge in [-0.1, -0.05) is 32.1 Å². The van der Waals surface area contributed by atoms with E-state index in [0.29, 0.717) is 57.1 Å². The summed E-state index contributed by atoms with van der Waals surface area (Å²) in [4.78, 5) is 54.0. The average molecular weight is 488 g/mol. The Morgan fingerprint density at radius 3 is 2.51 bits per heavy atom. The molecule has 2 aliphatic heterocycles. The molecule has 1 aromatic heterocycles. The van der Waals surface area contributed by atoms with E-state index in [1.54, 1.807) is 16.5 Å². The number of amides is 2. The van der Waals surface area contributed by atoms with Gasteiger partial charge in [-0.05, 0) is 12.3 Å². The van der Waals surface area contributed by atoms with Crippen molar-refractivity contribution in [2.24, 2.45) is 11.8 Å². The average Bonchev–Trinajstić information content (AvgIpc) is 3.04. The summed E-state index contributed by atoms with van der Waals surface area (Å²) in [6, 6.07) is 1.33. The first-order valence-corrected chi connectivity index (χ1v) is 12.9. The van der Waals surface area contributed by atoms with Crippen molar-refractivity contribution in [1.29, 1.82) is 0 Å². The summed E-state index contributed by atoms with van der Waals surface area (Å²) in [5.74, 6) is 0.425. The highest BCUT2D eigenvalue weighted by atomic mass is 16.5. The lowest BCUT2D eigenvalue weighted by Gasteiger charge is -2.24. The molecule has 1 saturated carbocycles. The van der Waals surface area contributed by atoms with Crippen LogP contribution in [0.15, 0.2) is 10.9 Å². The number of methoxy groups -OCH3 is 1. The summed E-state index contributed by atoms with van der Waals surface area (Å²) in [6.07, 6.45) is 8.45. The van der Waals surface area contributed by atoms with Crippen molar-refractivity contribution in [3.05, 3.63) is 27.7 Å². The van der Waals surface area contributed by atoms with Crippen LogP contribution in [0.1, 0.15) is 67.4 Å². The number of nitrogens with zero attached hydrogens (tertiary/aromatic N) is 3. The number of hydrogen-bond acceptors (Lipinski definition) is 6. The van der Waals surface area contributed by atoms with E-state index in [-0.39, 0.29) is 41.2 Å². The minimum absolute atomic E-state index is 0.00293. The van der Waals surface area contributed by atoms with Crippen molar-refractivity contribution in [3.63, 3.8) is 0 Å². The van der Waals surface area contributed by atoms with E-state index >= 15 is 0 Å². The lowest BCUT2D eigenvalue weighted by Crippen LogP contribution is -2.34. The molecular formula is C26H37N3O6. The van der Waals surface area contributed by atoms with Gasteiger partial charge in [0.1, 0.15) is 11.3 Å². The normalized spacial score (nSPS) is 21.0. The van der Waals surface area contributed by atoms with Crippen LogP contribution in [-0.4, -0.2) is 72.5 Å². The summed E-state index contributed by atoms with van der Waals surface area (Å²) in [6.45, 7) is 2.02. The van der Waals surface area contributed by atoms with Gasteiger partial charge < -0.3 is 23.8 Å². The first kappa shape index (κ1) is 25.3. The maximum Gasteiger partial charge on any atom is 0.343 e.